The molecule has 1 aromatic heterocycles. The fourth-order valence-corrected chi connectivity index (χ4v) is 3.67. The molecule has 31 heavy (non-hydrogen) atoms. The molecule has 0 radical (unpaired) electrons. The molecule has 0 atom stereocenters. The van der Waals surface area contributed by atoms with Crippen molar-refractivity contribution in [1.29, 1.82) is 0 Å². The Bertz CT molecular complexity index is 849. The number of nitrogens with zero attached hydrogens (tertiary/aromatic N) is 3. The van der Waals surface area contributed by atoms with Crippen molar-refractivity contribution in [3.8, 4) is 5.88 Å². The van der Waals surface area contributed by atoms with Crippen molar-refractivity contribution in [2.45, 2.75) is 57.1 Å². The lowest BCUT2D eigenvalue weighted by molar-refractivity contribution is -0.159. The molecule has 9 heteroatoms. The van der Waals surface area contributed by atoms with Crippen LogP contribution in [0.3, 0.4) is 0 Å². The molecule has 0 saturated carbocycles. The Morgan fingerprint density at radius 2 is 1.90 bits per heavy atom. The second-order valence-corrected chi connectivity index (χ2v) is 9.46. The van der Waals surface area contributed by atoms with E-state index >= 15 is 0 Å². The molecule has 1 aliphatic heterocycles. The van der Waals surface area contributed by atoms with Gasteiger partial charge in [0.1, 0.15) is 23.9 Å². The van der Waals surface area contributed by atoms with E-state index in [9.17, 15) is 4.79 Å². The molecular weight excluding hydrogens is 416 g/mol. The van der Waals surface area contributed by atoms with Gasteiger partial charge in [-0.05, 0) is 50.8 Å². The van der Waals surface area contributed by atoms with Crippen LogP contribution in [-0.4, -0.2) is 51.7 Å². The predicted octanol–water partition coefficient (Wildman–Crippen LogP) is 5.04. The number of hydrogen-bond acceptors (Lipinski definition) is 9. The van der Waals surface area contributed by atoms with Crippen molar-refractivity contribution >= 4 is 29.4 Å². The number of benzene rings is 1. The third-order valence-corrected chi connectivity index (χ3v) is 5.26. The van der Waals surface area contributed by atoms with Gasteiger partial charge in [0.05, 0.1) is 0 Å². The number of thioether (sulfide) groups is 1. The molecule has 168 valence electrons. The van der Waals surface area contributed by atoms with Crippen LogP contribution in [0.5, 0.6) is 5.88 Å². The number of nitrogens with one attached hydrogen (secondary N) is 1. The largest absolute Gasteiger partial charge is 0.528 e. The van der Waals surface area contributed by atoms with Crippen molar-refractivity contribution < 1.29 is 19.1 Å². The fraction of sp³-hybridized carbons (Fsp3) is 0.500. The average Bonchev–Trinajstić information content (AvgIpc) is 2.70. The summed E-state index contributed by atoms with van der Waals surface area (Å²) in [4.78, 5) is 26.8. The number of aromatic nitrogens is 2. The van der Waals surface area contributed by atoms with E-state index in [1.807, 2.05) is 12.1 Å². The van der Waals surface area contributed by atoms with Crippen LogP contribution >= 0.6 is 11.8 Å². The number of carbonyl (C=O) groups excluding carboxylic acids is 1. The van der Waals surface area contributed by atoms with Crippen molar-refractivity contribution in [1.82, 2.24) is 15.0 Å². The molecule has 1 aliphatic rings. The van der Waals surface area contributed by atoms with Gasteiger partial charge in [0, 0.05) is 42.6 Å². The van der Waals surface area contributed by atoms with Crippen molar-refractivity contribution in [2.75, 3.05) is 24.2 Å². The van der Waals surface area contributed by atoms with Crippen LogP contribution in [0, 0.1) is 0 Å². The Morgan fingerprint density at radius 3 is 2.55 bits per heavy atom. The Kier molecular flexibility index (Phi) is 7.97. The molecule has 1 fully saturated rings. The average molecular weight is 447 g/mol. The normalized spacial score (nSPS) is 15.4. The lowest BCUT2D eigenvalue weighted by Gasteiger charge is -2.30. The van der Waals surface area contributed by atoms with Crippen LogP contribution in [0.2, 0.25) is 0 Å². The number of rotatable bonds is 7. The van der Waals surface area contributed by atoms with E-state index in [0.717, 1.165) is 11.4 Å². The van der Waals surface area contributed by atoms with Crippen molar-refractivity contribution in [3.63, 3.8) is 0 Å². The summed E-state index contributed by atoms with van der Waals surface area (Å²) >= 11 is 1.81. The molecule has 8 nitrogen and oxygen atoms in total. The predicted molar refractivity (Wildman–Crippen MR) is 121 cm³/mol. The molecule has 0 unspecified atom stereocenters. The quantitative estimate of drug-likeness (QED) is 0.464. The topological polar surface area (TPSA) is 85.8 Å². The standard InChI is InChI=1S/C22H30N4O4S/c1-5-31-18-8-6-16(7-9-18)25-19-14-20(24-15-23-19)28-17-10-12-26(13-11-17)30-21(27)29-22(2,3)4/h6-9,14-15,17H,5,10-13H2,1-4H3,(H,23,24,25). The van der Waals surface area contributed by atoms with Gasteiger partial charge in [-0.1, -0.05) is 6.92 Å². The summed E-state index contributed by atoms with van der Waals surface area (Å²) in [5.74, 6) is 2.24. The summed E-state index contributed by atoms with van der Waals surface area (Å²) in [6.45, 7) is 8.70. The molecule has 1 N–H and O–H groups in total. The molecule has 3 rings (SSSR count). The van der Waals surface area contributed by atoms with E-state index in [0.29, 0.717) is 37.6 Å². The number of piperidine rings is 1. The molecule has 0 bridgehead atoms. The Balaban J connectivity index is 1.47. The van der Waals surface area contributed by atoms with Gasteiger partial charge in [-0.25, -0.2) is 14.8 Å². The maximum absolute atomic E-state index is 11.8. The van der Waals surface area contributed by atoms with E-state index in [4.69, 9.17) is 14.3 Å². The summed E-state index contributed by atoms with van der Waals surface area (Å²) in [6, 6.07) is 10.0. The van der Waals surface area contributed by atoms with Gasteiger partial charge in [-0.3, -0.25) is 0 Å². The second kappa shape index (κ2) is 10.7. The van der Waals surface area contributed by atoms with E-state index in [1.165, 1.54) is 11.2 Å². The number of anilines is 2. The third kappa shape index (κ3) is 7.91. The molecule has 0 amide bonds. The van der Waals surface area contributed by atoms with Crippen LogP contribution < -0.4 is 10.1 Å². The lowest BCUT2D eigenvalue weighted by atomic mass is 10.1. The SMILES string of the molecule is CCSc1ccc(Nc2cc(OC3CCN(OC(=O)OC(C)(C)C)CC3)ncn2)cc1. The van der Waals surface area contributed by atoms with Crippen LogP contribution in [0.25, 0.3) is 0 Å². The molecule has 0 spiro atoms. The monoisotopic (exact) mass is 446 g/mol. The Labute approximate surface area is 187 Å². The number of ether oxygens (including phenoxy) is 2. The van der Waals surface area contributed by atoms with Gasteiger partial charge in [-0.2, -0.15) is 0 Å². The first kappa shape index (κ1) is 23.1. The molecule has 1 saturated heterocycles. The van der Waals surface area contributed by atoms with Gasteiger partial charge in [0.25, 0.3) is 0 Å². The smallest absolute Gasteiger partial charge is 0.474 e. The summed E-state index contributed by atoms with van der Waals surface area (Å²) in [5, 5.41) is 4.89. The Morgan fingerprint density at radius 1 is 1.19 bits per heavy atom. The highest BCUT2D eigenvalue weighted by atomic mass is 32.2. The van der Waals surface area contributed by atoms with Crippen LogP contribution in [0.1, 0.15) is 40.5 Å². The number of hydroxylamine groups is 2. The minimum absolute atomic E-state index is 0.00779. The van der Waals surface area contributed by atoms with Crippen LogP contribution in [0.4, 0.5) is 16.3 Å². The van der Waals surface area contributed by atoms with Gasteiger partial charge < -0.3 is 19.6 Å². The van der Waals surface area contributed by atoms with Gasteiger partial charge in [0.2, 0.25) is 5.88 Å². The highest BCUT2D eigenvalue weighted by Gasteiger charge is 2.26. The third-order valence-electron chi connectivity index (χ3n) is 4.36. The van der Waals surface area contributed by atoms with E-state index in [-0.39, 0.29) is 6.10 Å². The van der Waals surface area contributed by atoms with E-state index in [2.05, 4.69) is 34.3 Å². The maximum Gasteiger partial charge on any atom is 0.528 e. The van der Waals surface area contributed by atoms with Crippen molar-refractivity contribution in [2.24, 2.45) is 0 Å². The number of carbonyl (C=O) groups is 1. The van der Waals surface area contributed by atoms with Gasteiger partial charge in [0.15, 0.2) is 0 Å². The van der Waals surface area contributed by atoms with E-state index < -0.39 is 11.8 Å². The lowest BCUT2D eigenvalue weighted by Crippen LogP contribution is -2.40. The first-order valence-electron chi connectivity index (χ1n) is 10.5. The second-order valence-electron chi connectivity index (χ2n) is 8.13. The zero-order valence-corrected chi connectivity index (χ0v) is 19.3. The summed E-state index contributed by atoms with van der Waals surface area (Å²) in [6.07, 6.45) is 2.23. The minimum Gasteiger partial charge on any atom is -0.474 e. The maximum atomic E-state index is 11.8. The zero-order valence-electron chi connectivity index (χ0n) is 18.5. The molecule has 1 aromatic carbocycles. The van der Waals surface area contributed by atoms with Gasteiger partial charge in [-0.15, -0.1) is 16.8 Å². The van der Waals surface area contributed by atoms with Crippen LogP contribution in [0.15, 0.2) is 41.6 Å². The number of hydrogen-bond donors (Lipinski definition) is 1. The first-order chi connectivity index (χ1) is 14.8. The van der Waals surface area contributed by atoms with E-state index in [1.54, 1.807) is 43.7 Å². The molecular formula is C22H30N4O4S. The first-order valence-corrected chi connectivity index (χ1v) is 11.4. The van der Waals surface area contributed by atoms with Gasteiger partial charge >= 0.3 is 6.16 Å². The van der Waals surface area contributed by atoms with Crippen LogP contribution in [-0.2, 0) is 9.57 Å². The fourth-order valence-electron chi connectivity index (χ4n) is 3.01. The minimum atomic E-state index is -0.681. The highest BCUT2D eigenvalue weighted by Crippen LogP contribution is 2.24. The zero-order chi connectivity index (χ0) is 22.3. The Hall–Kier alpha value is -2.52. The summed E-state index contributed by atoms with van der Waals surface area (Å²) in [5.41, 5.74) is 0.381. The highest BCUT2D eigenvalue weighted by molar-refractivity contribution is 7.99. The molecule has 2 aromatic rings. The van der Waals surface area contributed by atoms with Crippen molar-refractivity contribution in [3.05, 3.63) is 36.7 Å². The molecule has 0 aliphatic carbocycles. The summed E-state index contributed by atoms with van der Waals surface area (Å²) < 4.78 is 11.2. The summed E-state index contributed by atoms with van der Waals surface area (Å²) in [7, 11) is 0. The molecule has 2 heterocycles.